The molecule has 4 nitrogen and oxygen atoms in total. The van der Waals surface area contributed by atoms with Crippen molar-refractivity contribution in [1.29, 1.82) is 0 Å². The molecule has 2 N–H and O–H groups in total. The predicted molar refractivity (Wildman–Crippen MR) is 67.0 cm³/mol. The normalized spacial score (nSPS) is 9.94. The fraction of sp³-hybridized carbons (Fsp3) is 0.333. The Morgan fingerprint density at radius 3 is 2.67 bits per heavy atom. The number of carbonyl (C=O) groups is 2. The molecule has 0 aliphatic heterocycles. The van der Waals surface area contributed by atoms with Gasteiger partial charge in [0.15, 0.2) is 0 Å². The molecule has 1 aromatic carbocycles. The number of hydrogen-bond acceptors (Lipinski definition) is 2. The van der Waals surface area contributed by atoms with Gasteiger partial charge in [0.2, 0.25) is 5.91 Å². The van der Waals surface area contributed by atoms with E-state index in [9.17, 15) is 14.0 Å². The molecule has 0 radical (unpaired) electrons. The number of benzene rings is 1. The number of nitrogens with one attached hydrogen (secondary N) is 2. The summed E-state index contributed by atoms with van der Waals surface area (Å²) in [5.74, 6) is -1.30. The highest BCUT2D eigenvalue weighted by atomic mass is 35.5. The van der Waals surface area contributed by atoms with Crippen LogP contribution in [0.2, 0.25) is 5.02 Å². The lowest BCUT2D eigenvalue weighted by atomic mass is 10.2. The number of rotatable bonds is 5. The Balaban J connectivity index is 2.53. The number of amides is 2. The van der Waals surface area contributed by atoms with Crippen LogP contribution in [-0.2, 0) is 4.79 Å². The van der Waals surface area contributed by atoms with Gasteiger partial charge >= 0.3 is 0 Å². The first-order chi connectivity index (χ1) is 8.54. The smallest absolute Gasteiger partial charge is 0.253 e. The zero-order valence-electron chi connectivity index (χ0n) is 9.93. The van der Waals surface area contributed by atoms with Crippen molar-refractivity contribution in [3.63, 3.8) is 0 Å². The van der Waals surface area contributed by atoms with Gasteiger partial charge in [-0.25, -0.2) is 4.39 Å². The summed E-state index contributed by atoms with van der Waals surface area (Å²) in [4.78, 5) is 22.9. The van der Waals surface area contributed by atoms with Gasteiger partial charge in [-0.05, 0) is 24.6 Å². The molecular formula is C12H14ClFN2O2. The van der Waals surface area contributed by atoms with Crippen molar-refractivity contribution in [2.75, 3.05) is 13.1 Å². The van der Waals surface area contributed by atoms with Crippen LogP contribution in [0.5, 0.6) is 0 Å². The Bertz CT molecular complexity index is 452. The highest BCUT2D eigenvalue weighted by molar-refractivity contribution is 6.33. The Morgan fingerprint density at radius 2 is 2.06 bits per heavy atom. The first-order valence-electron chi connectivity index (χ1n) is 5.54. The van der Waals surface area contributed by atoms with Gasteiger partial charge in [-0.3, -0.25) is 9.59 Å². The molecule has 0 atom stereocenters. The van der Waals surface area contributed by atoms with Crippen molar-refractivity contribution >= 4 is 23.4 Å². The van der Waals surface area contributed by atoms with E-state index in [4.69, 9.17) is 11.6 Å². The zero-order chi connectivity index (χ0) is 13.5. The molecule has 2 amide bonds. The highest BCUT2D eigenvalue weighted by Gasteiger charge is 2.11. The van der Waals surface area contributed by atoms with Crippen molar-refractivity contribution in [3.8, 4) is 0 Å². The number of halogens is 2. The molecule has 0 fully saturated rings. The third-order valence-corrected chi connectivity index (χ3v) is 2.47. The van der Waals surface area contributed by atoms with Crippen LogP contribution >= 0.6 is 11.6 Å². The lowest BCUT2D eigenvalue weighted by molar-refractivity contribution is -0.120. The lowest BCUT2D eigenvalue weighted by Crippen LogP contribution is -2.37. The Morgan fingerprint density at radius 1 is 1.33 bits per heavy atom. The minimum Gasteiger partial charge on any atom is -0.355 e. The third-order valence-electron chi connectivity index (χ3n) is 2.16. The maximum Gasteiger partial charge on any atom is 0.253 e. The van der Waals surface area contributed by atoms with Gasteiger partial charge in [0, 0.05) is 6.54 Å². The zero-order valence-corrected chi connectivity index (χ0v) is 10.7. The number of hydrogen-bond donors (Lipinski definition) is 2. The van der Waals surface area contributed by atoms with Crippen molar-refractivity contribution in [2.45, 2.75) is 13.3 Å². The summed E-state index contributed by atoms with van der Waals surface area (Å²) in [6.07, 6.45) is 0.823. The molecule has 18 heavy (non-hydrogen) atoms. The summed E-state index contributed by atoms with van der Waals surface area (Å²) in [5.41, 5.74) is 0.140. The standard InChI is InChI=1S/C12H14ClFN2O2/c1-2-5-15-11(17)7-16-12(18)9-4-3-8(14)6-10(9)13/h3-4,6H,2,5,7H2,1H3,(H,15,17)(H,16,18). The monoisotopic (exact) mass is 272 g/mol. The van der Waals surface area contributed by atoms with Gasteiger partial charge in [-0.2, -0.15) is 0 Å². The fourth-order valence-electron chi connectivity index (χ4n) is 1.26. The maximum atomic E-state index is 12.8. The van der Waals surface area contributed by atoms with Crippen LogP contribution in [0.3, 0.4) is 0 Å². The van der Waals surface area contributed by atoms with E-state index in [1.54, 1.807) is 0 Å². The van der Waals surface area contributed by atoms with E-state index in [2.05, 4.69) is 10.6 Å². The second kappa shape index (κ2) is 6.96. The van der Waals surface area contributed by atoms with Crippen LogP contribution in [0.25, 0.3) is 0 Å². The van der Waals surface area contributed by atoms with E-state index in [0.717, 1.165) is 18.6 Å². The van der Waals surface area contributed by atoms with Gasteiger partial charge in [0.1, 0.15) is 5.82 Å². The van der Waals surface area contributed by atoms with E-state index in [1.807, 2.05) is 6.92 Å². The van der Waals surface area contributed by atoms with E-state index >= 15 is 0 Å². The maximum absolute atomic E-state index is 12.8. The van der Waals surface area contributed by atoms with Gasteiger partial charge < -0.3 is 10.6 Å². The van der Waals surface area contributed by atoms with Crippen LogP contribution in [0.1, 0.15) is 23.7 Å². The average Bonchev–Trinajstić information content (AvgIpc) is 2.33. The van der Waals surface area contributed by atoms with Crippen molar-refractivity contribution in [1.82, 2.24) is 10.6 Å². The third kappa shape index (κ3) is 4.33. The van der Waals surface area contributed by atoms with Crippen LogP contribution in [0.4, 0.5) is 4.39 Å². The summed E-state index contributed by atoms with van der Waals surface area (Å²) in [6, 6.07) is 3.46. The number of carbonyl (C=O) groups excluding carboxylic acids is 2. The molecule has 0 spiro atoms. The van der Waals surface area contributed by atoms with E-state index in [-0.39, 0.29) is 23.0 Å². The minimum atomic E-state index is -0.516. The first kappa shape index (κ1) is 14.4. The minimum absolute atomic E-state index is 0.0152. The highest BCUT2D eigenvalue weighted by Crippen LogP contribution is 2.16. The molecule has 0 saturated heterocycles. The largest absolute Gasteiger partial charge is 0.355 e. The Hall–Kier alpha value is -1.62. The Labute approximate surface area is 110 Å². The fourth-order valence-corrected chi connectivity index (χ4v) is 1.51. The van der Waals surface area contributed by atoms with Crippen LogP contribution in [0, 0.1) is 5.82 Å². The molecule has 0 bridgehead atoms. The van der Waals surface area contributed by atoms with Gasteiger partial charge in [-0.15, -0.1) is 0 Å². The van der Waals surface area contributed by atoms with Gasteiger partial charge in [0.05, 0.1) is 17.1 Å². The molecule has 0 aliphatic rings. The molecule has 0 unspecified atom stereocenters. The molecule has 0 heterocycles. The van der Waals surface area contributed by atoms with Gasteiger partial charge in [0.25, 0.3) is 5.91 Å². The van der Waals surface area contributed by atoms with Crippen molar-refractivity contribution < 1.29 is 14.0 Å². The van der Waals surface area contributed by atoms with Gasteiger partial charge in [-0.1, -0.05) is 18.5 Å². The summed E-state index contributed by atoms with van der Waals surface area (Å²) in [6.45, 7) is 2.36. The van der Waals surface area contributed by atoms with Crippen LogP contribution in [0.15, 0.2) is 18.2 Å². The van der Waals surface area contributed by atoms with E-state index in [0.29, 0.717) is 6.54 Å². The molecular weight excluding hydrogens is 259 g/mol. The summed E-state index contributed by atoms with van der Waals surface area (Å²) in [7, 11) is 0. The SMILES string of the molecule is CCCNC(=O)CNC(=O)c1ccc(F)cc1Cl. The lowest BCUT2D eigenvalue weighted by Gasteiger charge is -2.07. The van der Waals surface area contributed by atoms with Crippen LogP contribution in [-0.4, -0.2) is 24.9 Å². The van der Waals surface area contributed by atoms with Crippen molar-refractivity contribution in [3.05, 3.63) is 34.6 Å². The quantitative estimate of drug-likeness (QED) is 0.858. The van der Waals surface area contributed by atoms with E-state index < -0.39 is 11.7 Å². The summed E-state index contributed by atoms with van der Waals surface area (Å²) < 4.78 is 12.8. The summed E-state index contributed by atoms with van der Waals surface area (Å²) in [5, 5.41) is 5.04. The summed E-state index contributed by atoms with van der Waals surface area (Å²) >= 11 is 5.72. The molecule has 1 rings (SSSR count). The predicted octanol–water partition coefficient (Wildman–Crippen LogP) is 1.74. The van der Waals surface area contributed by atoms with Crippen molar-refractivity contribution in [2.24, 2.45) is 0 Å². The Kier molecular flexibility index (Phi) is 5.58. The van der Waals surface area contributed by atoms with Crippen LogP contribution < -0.4 is 10.6 Å². The molecule has 0 aromatic heterocycles. The second-order valence-corrected chi connectivity index (χ2v) is 4.06. The molecule has 0 aliphatic carbocycles. The molecule has 6 heteroatoms. The average molecular weight is 273 g/mol. The molecule has 1 aromatic rings. The topological polar surface area (TPSA) is 58.2 Å². The first-order valence-corrected chi connectivity index (χ1v) is 5.92. The van der Waals surface area contributed by atoms with E-state index in [1.165, 1.54) is 6.07 Å². The molecule has 0 saturated carbocycles. The second-order valence-electron chi connectivity index (χ2n) is 3.66. The molecule has 98 valence electrons.